The van der Waals surface area contributed by atoms with Gasteiger partial charge in [0.2, 0.25) is 0 Å². The van der Waals surface area contributed by atoms with Gasteiger partial charge in [0.1, 0.15) is 22.9 Å². The van der Waals surface area contributed by atoms with Crippen LogP contribution in [-0.2, 0) is 19.1 Å². The van der Waals surface area contributed by atoms with E-state index in [-0.39, 0.29) is 42.1 Å². The van der Waals surface area contributed by atoms with E-state index in [0.717, 1.165) is 0 Å². The van der Waals surface area contributed by atoms with Gasteiger partial charge in [-0.25, -0.2) is 4.79 Å². The summed E-state index contributed by atoms with van der Waals surface area (Å²) in [6.45, 7) is 8.36. The minimum Gasteiger partial charge on any atom is -0.453 e. The molecule has 0 aromatic heterocycles. The fourth-order valence-corrected chi connectivity index (χ4v) is 9.43. The third kappa shape index (κ3) is 2.40. The van der Waals surface area contributed by atoms with Crippen LogP contribution in [0.5, 0.6) is 0 Å². The van der Waals surface area contributed by atoms with Gasteiger partial charge in [-0.2, -0.15) is 0 Å². The number of allylic oxidation sites excluding steroid dienone is 1. The molecule has 6 rings (SSSR count). The van der Waals surface area contributed by atoms with E-state index >= 15 is 0 Å². The highest BCUT2D eigenvalue weighted by Gasteiger charge is 2.82. The summed E-state index contributed by atoms with van der Waals surface area (Å²) in [5.41, 5.74) is -7.01. The summed E-state index contributed by atoms with van der Waals surface area (Å²) in [7, 11) is 0. The summed E-state index contributed by atoms with van der Waals surface area (Å²) in [6, 6.07) is 0. The maximum atomic E-state index is 13.3. The summed E-state index contributed by atoms with van der Waals surface area (Å²) in [5, 5.41) is 47.7. The van der Waals surface area contributed by atoms with Gasteiger partial charge in [-0.15, -0.1) is 0 Å². The molecule has 0 radical (unpaired) electrons. The lowest BCUT2D eigenvalue weighted by molar-refractivity contribution is -0.289. The van der Waals surface area contributed by atoms with Crippen molar-refractivity contribution >= 4 is 11.8 Å². The van der Waals surface area contributed by atoms with Gasteiger partial charge >= 0.3 is 5.97 Å². The summed E-state index contributed by atoms with van der Waals surface area (Å²) < 4.78 is 11.7. The van der Waals surface area contributed by atoms with E-state index in [0.29, 0.717) is 31.3 Å². The number of aliphatic hydroxyl groups excluding tert-OH is 1. The molecule has 198 valence electrons. The van der Waals surface area contributed by atoms with Crippen LogP contribution in [0.4, 0.5) is 0 Å². The summed E-state index contributed by atoms with van der Waals surface area (Å²) >= 11 is 0. The van der Waals surface area contributed by atoms with E-state index in [1.807, 2.05) is 13.0 Å². The molecule has 0 bridgehead atoms. The zero-order chi connectivity index (χ0) is 26.3. The first-order valence-electron chi connectivity index (χ1n) is 13.2. The predicted molar refractivity (Wildman–Crippen MR) is 127 cm³/mol. The Kier molecular flexibility index (Phi) is 4.73. The number of ether oxygens (including phenoxy) is 2. The zero-order valence-corrected chi connectivity index (χ0v) is 21.7. The number of ketones is 1. The molecule has 0 aromatic carbocycles. The lowest BCUT2D eigenvalue weighted by Crippen LogP contribution is -2.74. The first-order chi connectivity index (χ1) is 16.6. The van der Waals surface area contributed by atoms with E-state index in [2.05, 4.69) is 0 Å². The average Bonchev–Trinajstić information content (AvgIpc) is 3.49. The van der Waals surface area contributed by atoms with Gasteiger partial charge in [-0.1, -0.05) is 13.0 Å². The van der Waals surface area contributed by atoms with Crippen molar-refractivity contribution in [3.05, 3.63) is 23.3 Å². The van der Waals surface area contributed by atoms with Crippen molar-refractivity contribution in [1.29, 1.82) is 0 Å². The number of carbonyl (C=O) groups is 2. The second-order valence-electron chi connectivity index (χ2n) is 13.0. The Morgan fingerprint density at radius 1 is 1.08 bits per heavy atom. The molecule has 1 saturated heterocycles. The molecule has 4 aliphatic carbocycles. The van der Waals surface area contributed by atoms with E-state index in [1.165, 1.54) is 6.92 Å². The lowest BCUT2D eigenvalue weighted by Gasteiger charge is -2.63. The molecule has 36 heavy (non-hydrogen) atoms. The maximum Gasteiger partial charge on any atom is 0.334 e. The molecule has 0 unspecified atom stereocenters. The number of esters is 1. The molecular formula is C28H38O8. The van der Waals surface area contributed by atoms with Crippen molar-refractivity contribution in [1.82, 2.24) is 0 Å². The van der Waals surface area contributed by atoms with Gasteiger partial charge < -0.3 is 29.9 Å². The highest BCUT2D eigenvalue weighted by atomic mass is 16.6. The van der Waals surface area contributed by atoms with Gasteiger partial charge in [-0.05, 0) is 89.7 Å². The topological polar surface area (TPSA) is 137 Å². The Morgan fingerprint density at radius 3 is 2.47 bits per heavy atom. The molecule has 0 amide bonds. The number of hydrogen-bond donors (Lipinski definition) is 4. The Morgan fingerprint density at radius 2 is 1.78 bits per heavy atom. The largest absolute Gasteiger partial charge is 0.453 e. The van der Waals surface area contributed by atoms with Crippen LogP contribution in [0.15, 0.2) is 23.3 Å². The molecule has 4 N–H and O–H groups in total. The van der Waals surface area contributed by atoms with Crippen LogP contribution in [-0.4, -0.2) is 72.9 Å². The number of cyclic esters (lactones) is 1. The predicted octanol–water partition coefficient (Wildman–Crippen LogP) is 1.73. The van der Waals surface area contributed by atoms with Crippen LogP contribution >= 0.6 is 0 Å². The van der Waals surface area contributed by atoms with Crippen molar-refractivity contribution in [2.75, 3.05) is 0 Å². The number of carbonyl (C=O) groups excluding carboxylic acids is 2. The number of aliphatic hydroxyl groups is 4. The van der Waals surface area contributed by atoms with Gasteiger partial charge in [-0.3, -0.25) is 4.79 Å². The van der Waals surface area contributed by atoms with E-state index < -0.39 is 51.4 Å². The molecule has 11 atom stereocenters. The zero-order valence-electron chi connectivity index (χ0n) is 21.7. The lowest BCUT2D eigenvalue weighted by atomic mass is 9.42. The maximum absolute atomic E-state index is 13.3. The summed E-state index contributed by atoms with van der Waals surface area (Å²) in [5.74, 6) is -1.02. The van der Waals surface area contributed by atoms with Crippen molar-refractivity contribution in [3.8, 4) is 0 Å². The number of fused-ring (bicyclic) bond motifs is 4. The molecule has 8 heteroatoms. The number of hydrogen-bond acceptors (Lipinski definition) is 8. The van der Waals surface area contributed by atoms with Crippen LogP contribution in [0, 0.1) is 22.7 Å². The minimum atomic E-state index is -2.04. The van der Waals surface area contributed by atoms with Gasteiger partial charge in [0.25, 0.3) is 0 Å². The Bertz CT molecular complexity index is 1120. The highest BCUT2D eigenvalue weighted by molar-refractivity contribution is 5.97. The Hall–Kier alpha value is -1.58. The fraction of sp³-hybridized carbons (Fsp3) is 0.786. The molecule has 8 nitrogen and oxygen atoms in total. The highest BCUT2D eigenvalue weighted by Crippen LogP contribution is 2.75. The molecule has 0 aromatic rings. The molecule has 2 aliphatic heterocycles. The molecule has 1 spiro atoms. The number of rotatable bonds is 2. The van der Waals surface area contributed by atoms with Crippen molar-refractivity contribution in [3.63, 3.8) is 0 Å². The molecule has 3 saturated carbocycles. The van der Waals surface area contributed by atoms with Gasteiger partial charge in [0, 0.05) is 11.0 Å². The number of epoxide rings is 1. The van der Waals surface area contributed by atoms with Crippen LogP contribution < -0.4 is 0 Å². The fourth-order valence-electron chi connectivity index (χ4n) is 9.43. The smallest absolute Gasteiger partial charge is 0.334 e. The minimum absolute atomic E-state index is 0.0354. The quantitative estimate of drug-likeness (QED) is 0.331. The van der Waals surface area contributed by atoms with Crippen molar-refractivity contribution in [2.45, 2.75) is 114 Å². The van der Waals surface area contributed by atoms with Crippen LogP contribution in [0.2, 0.25) is 0 Å². The van der Waals surface area contributed by atoms with E-state index in [1.54, 1.807) is 26.8 Å². The summed E-state index contributed by atoms with van der Waals surface area (Å²) in [6.07, 6.45) is 3.28. The van der Waals surface area contributed by atoms with Crippen LogP contribution in [0.3, 0.4) is 0 Å². The average molecular weight is 503 g/mol. The Labute approximate surface area is 211 Å². The molecular weight excluding hydrogens is 464 g/mol. The first kappa shape index (κ1) is 24.7. The third-order valence-electron chi connectivity index (χ3n) is 12.2. The monoisotopic (exact) mass is 502 g/mol. The van der Waals surface area contributed by atoms with Gasteiger partial charge in [0.05, 0.1) is 17.1 Å². The van der Waals surface area contributed by atoms with Gasteiger partial charge in [0.15, 0.2) is 11.9 Å². The third-order valence-corrected chi connectivity index (χ3v) is 12.2. The molecule has 6 aliphatic rings. The normalized spacial score (nSPS) is 55.2. The van der Waals surface area contributed by atoms with Crippen molar-refractivity contribution < 1.29 is 39.5 Å². The van der Waals surface area contributed by atoms with Crippen LogP contribution in [0.25, 0.3) is 0 Å². The summed E-state index contributed by atoms with van der Waals surface area (Å²) in [4.78, 5) is 25.8. The second kappa shape index (κ2) is 6.89. The van der Waals surface area contributed by atoms with Crippen LogP contribution in [0.1, 0.15) is 73.1 Å². The van der Waals surface area contributed by atoms with E-state index in [4.69, 9.17) is 9.47 Å². The van der Waals surface area contributed by atoms with Crippen molar-refractivity contribution in [2.24, 2.45) is 22.7 Å². The van der Waals surface area contributed by atoms with E-state index in [9.17, 15) is 30.0 Å². The SMILES string of the molecule is CC1=C(C)[C@H](O)[C@H]([C@](C)(O)[C@]2(O)CC[C@@]3(O)[C@@H]4C[C@H]5O[C@]56CC=CC(=O)[C@]6(C)[C@H]4CC[C@]23C)OC1=O. The standard InChI is InChI=1S/C28H38O8/c1-14-15(2)22(31)35-21(20(14)30)25(5,32)28(34)12-11-26(33)17-13-19-27(36-19)9-6-7-18(29)24(27,4)16(17)8-10-23(26,28)3/h6-7,16-17,19-21,30,32-34H,8-13H2,1-5H3/t16-,17+,19+,20-,21+,23-,24-,25-,26+,27+,28-/m0/s1. The Balaban J connectivity index is 1.40. The molecule has 4 fully saturated rings. The molecule has 2 heterocycles. The second-order valence-corrected chi connectivity index (χ2v) is 13.0. The first-order valence-corrected chi connectivity index (χ1v) is 13.2.